The Kier molecular flexibility index (Phi) is 8.88. The molecule has 1 rings (SSSR count). The number of nitrogens with one attached hydrogen (secondary N) is 2. The van der Waals surface area contributed by atoms with E-state index in [2.05, 4.69) is 10.6 Å². The summed E-state index contributed by atoms with van der Waals surface area (Å²) in [5, 5.41) is 4.66. The van der Waals surface area contributed by atoms with E-state index >= 15 is 0 Å². The van der Waals surface area contributed by atoms with Crippen LogP contribution in [0.1, 0.15) is 25.3 Å². The van der Waals surface area contributed by atoms with E-state index in [1.54, 1.807) is 0 Å². The fourth-order valence-corrected chi connectivity index (χ4v) is 1.54. The predicted octanol–water partition coefficient (Wildman–Crippen LogP) is 1.37. The monoisotopic (exact) mass is 322 g/mol. The van der Waals surface area contributed by atoms with Gasteiger partial charge in [-0.3, -0.25) is 9.59 Å². The lowest BCUT2D eigenvalue weighted by Gasteiger charge is -2.08. The molecule has 0 aliphatic rings. The van der Waals surface area contributed by atoms with Crippen LogP contribution in [-0.2, 0) is 25.7 Å². The van der Waals surface area contributed by atoms with Crippen LogP contribution in [-0.4, -0.2) is 37.7 Å². The Morgan fingerprint density at radius 2 is 1.74 bits per heavy atom. The van der Waals surface area contributed by atoms with Crippen molar-refractivity contribution in [1.82, 2.24) is 10.6 Å². The Bertz CT molecular complexity index is 504. The number of benzene rings is 1. The summed E-state index contributed by atoms with van der Waals surface area (Å²) in [5.41, 5.74) is 0.865. The smallest absolute Gasteiger partial charge is 0.407 e. The van der Waals surface area contributed by atoms with Crippen LogP contribution < -0.4 is 10.6 Å². The molecule has 0 bridgehead atoms. The molecule has 0 radical (unpaired) electrons. The van der Waals surface area contributed by atoms with Crippen LogP contribution in [0.4, 0.5) is 4.79 Å². The lowest BCUT2D eigenvalue weighted by Crippen LogP contribution is -2.39. The van der Waals surface area contributed by atoms with Crippen molar-refractivity contribution in [1.29, 1.82) is 0 Å². The van der Waals surface area contributed by atoms with Gasteiger partial charge in [-0.05, 0) is 12.0 Å². The van der Waals surface area contributed by atoms with Gasteiger partial charge in [-0.25, -0.2) is 4.79 Å². The van der Waals surface area contributed by atoms with Gasteiger partial charge in [0.1, 0.15) is 19.7 Å². The Morgan fingerprint density at radius 1 is 1.00 bits per heavy atom. The normalized spacial score (nSPS) is 9.78. The molecule has 7 nitrogen and oxygen atoms in total. The summed E-state index contributed by atoms with van der Waals surface area (Å²) < 4.78 is 9.83. The van der Waals surface area contributed by atoms with Crippen LogP contribution in [0.15, 0.2) is 30.3 Å². The van der Waals surface area contributed by atoms with Crippen molar-refractivity contribution >= 4 is 18.0 Å². The van der Waals surface area contributed by atoms with Gasteiger partial charge in [0, 0.05) is 0 Å². The molecule has 126 valence electrons. The minimum absolute atomic E-state index is 0.150. The molecule has 0 aromatic heterocycles. The van der Waals surface area contributed by atoms with Crippen LogP contribution in [0.5, 0.6) is 0 Å². The molecule has 1 aromatic carbocycles. The quantitative estimate of drug-likeness (QED) is 0.529. The van der Waals surface area contributed by atoms with Gasteiger partial charge in [0.2, 0.25) is 5.91 Å². The maximum atomic E-state index is 11.5. The van der Waals surface area contributed by atoms with E-state index in [0.717, 1.165) is 18.4 Å². The van der Waals surface area contributed by atoms with Crippen molar-refractivity contribution < 1.29 is 23.9 Å². The Labute approximate surface area is 135 Å². The first-order valence-electron chi connectivity index (χ1n) is 7.48. The molecule has 0 spiro atoms. The third kappa shape index (κ3) is 9.13. The Hall–Kier alpha value is -2.57. The van der Waals surface area contributed by atoms with Gasteiger partial charge in [-0.1, -0.05) is 43.7 Å². The van der Waals surface area contributed by atoms with Gasteiger partial charge in [0.15, 0.2) is 0 Å². The maximum absolute atomic E-state index is 11.5. The standard InChI is InChI=1S/C16H22N2O5/c1-2-3-9-22-16(21)18-10-14(19)17-11-15(20)23-12-13-7-5-4-6-8-13/h4-8H,2-3,9-12H2,1H3,(H,17,19)(H,18,21). The van der Waals surface area contributed by atoms with Crippen molar-refractivity contribution in [3.05, 3.63) is 35.9 Å². The van der Waals surface area contributed by atoms with E-state index in [1.807, 2.05) is 37.3 Å². The third-order valence-electron chi connectivity index (χ3n) is 2.80. The fraction of sp³-hybridized carbons (Fsp3) is 0.438. The first-order chi connectivity index (χ1) is 11.1. The molecule has 0 unspecified atom stereocenters. The highest BCUT2D eigenvalue weighted by molar-refractivity contribution is 5.85. The third-order valence-corrected chi connectivity index (χ3v) is 2.80. The second-order valence-electron chi connectivity index (χ2n) is 4.77. The van der Waals surface area contributed by atoms with Crippen LogP contribution in [0.25, 0.3) is 0 Å². The molecule has 0 heterocycles. The van der Waals surface area contributed by atoms with Crippen molar-refractivity contribution in [2.75, 3.05) is 19.7 Å². The minimum Gasteiger partial charge on any atom is -0.460 e. The summed E-state index contributed by atoms with van der Waals surface area (Å²) >= 11 is 0. The highest BCUT2D eigenvalue weighted by Crippen LogP contribution is 2.00. The minimum atomic E-state index is -0.653. The van der Waals surface area contributed by atoms with E-state index in [0.29, 0.717) is 6.61 Å². The number of ether oxygens (including phenoxy) is 2. The first-order valence-corrected chi connectivity index (χ1v) is 7.48. The van der Waals surface area contributed by atoms with Gasteiger partial charge < -0.3 is 20.1 Å². The second kappa shape index (κ2) is 11.1. The summed E-state index contributed by atoms with van der Waals surface area (Å²) in [7, 11) is 0. The summed E-state index contributed by atoms with van der Waals surface area (Å²) in [4.78, 5) is 34.2. The molecule has 0 saturated heterocycles. The first kappa shape index (κ1) is 18.5. The van der Waals surface area contributed by atoms with E-state index < -0.39 is 18.0 Å². The molecule has 0 aliphatic heterocycles. The van der Waals surface area contributed by atoms with Gasteiger partial charge >= 0.3 is 12.1 Å². The average molecular weight is 322 g/mol. The van der Waals surface area contributed by atoms with Crippen molar-refractivity contribution in [3.63, 3.8) is 0 Å². The Morgan fingerprint density at radius 3 is 2.43 bits per heavy atom. The molecule has 7 heteroatoms. The van der Waals surface area contributed by atoms with Crippen molar-refractivity contribution in [3.8, 4) is 0 Å². The van der Waals surface area contributed by atoms with Gasteiger partial charge in [0.05, 0.1) is 6.61 Å². The average Bonchev–Trinajstić information content (AvgIpc) is 2.57. The molecular weight excluding hydrogens is 300 g/mol. The number of hydrogen-bond donors (Lipinski definition) is 2. The Balaban J connectivity index is 2.10. The van der Waals surface area contributed by atoms with Crippen molar-refractivity contribution in [2.45, 2.75) is 26.4 Å². The SMILES string of the molecule is CCCCOC(=O)NCC(=O)NCC(=O)OCc1ccccc1. The number of carbonyl (C=O) groups excluding carboxylic acids is 3. The van der Waals surface area contributed by atoms with E-state index in [4.69, 9.17) is 9.47 Å². The zero-order chi connectivity index (χ0) is 16.9. The number of amides is 2. The molecule has 2 amide bonds. The lowest BCUT2D eigenvalue weighted by atomic mass is 10.2. The van der Waals surface area contributed by atoms with Crippen LogP contribution in [0, 0.1) is 0 Å². The molecule has 1 aromatic rings. The van der Waals surface area contributed by atoms with Gasteiger partial charge in [0.25, 0.3) is 0 Å². The number of carbonyl (C=O) groups is 3. The molecule has 0 saturated carbocycles. The predicted molar refractivity (Wildman–Crippen MR) is 83.5 cm³/mol. The van der Waals surface area contributed by atoms with Crippen LogP contribution in [0.3, 0.4) is 0 Å². The van der Waals surface area contributed by atoms with Gasteiger partial charge in [-0.15, -0.1) is 0 Å². The summed E-state index contributed by atoms with van der Waals surface area (Å²) in [5.74, 6) is -1.04. The van der Waals surface area contributed by atoms with E-state index in [9.17, 15) is 14.4 Å². The molecule has 0 atom stereocenters. The van der Waals surface area contributed by atoms with E-state index in [1.165, 1.54) is 0 Å². The molecule has 0 aliphatic carbocycles. The summed E-state index contributed by atoms with van der Waals surface area (Å²) in [6, 6.07) is 9.22. The van der Waals surface area contributed by atoms with Crippen molar-refractivity contribution in [2.24, 2.45) is 0 Å². The van der Waals surface area contributed by atoms with Crippen LogP contribution >= 0.6 is 0 Å². The number of esters is 1. The zero-order valence-corrected chi connectivity index (χ0v) is 13.2. The number of unbranched alkanes of at least 4 members (excludes halogenated alkanes) is 1. The second-order valence-corrected chi connectivity index (χ2v) is 4.77. The number of hydrogen-bond acceptors (Lipinski definition) is 5. The largest absolute Gasteiger partial charge is 0.460 e. The molecular formula is C16H22N2O5. The molecule has 23 heavy (non-hydrogen) atoms. The number of rotatable bonds is 9. The number of alkyl carbamates (subject to hydrolysis) is 1. The topological polar surface area (TPSA) is 93.7 Å². The maximum Gasteiger partial charge on any atom is 0.407 e. The zero-order valence-electron chi connectivity index (χ0n) is 13.2. The highest BCUT2D eigenvalue weighted by Gasteiger charge is 2.09. The lowest BCUT2D eigenvalue weighted by molar-refractivity contribution is -0.145. The molecule has 2 N–H and O–H groups in total. The van der Waals surface area contributed by atoms with Gasteiger partial charge in [-0.2, -0.15) is 0 Å². The summed E-state index contributed by atoms with van der Waals surface area (Å²) in [6.07, 6.45) is 1.03. The molecule has 0 fully saturated rings. The summed E-state index contributed by atoms with van der Waals surface area (Å²) in [6.45, 7) is 1.94. The van der Waals surface area contributed by atoms with E-state index in [-0.39, 0.29) is 19.7 Å². The van der Waals surface area contributed by atoms with Crippen LogP contribution in [0.2, 0.25) is 0 Å². The highest BCUT2D eigenvalue weighted by atomic mass is 16.5. The fourth-order valence-electron chi connectivity index (χ4n) is 1.54.